The number of hydrogen-bond acceptors (Lipinski definition) is 5. The van der Waals surface area contributed by atoms with E-state index in [1.54, 1.807) is 10.6 Å². The van der Waals surface area contributed by atoms with Gasteiger partial charge in [0.1, 0.15) is 5.75 Å². The Balaban J connectivity index is 1.13. The molecule has 7 heteroatoms. The minimum absolute atomic E-state index is 0.0918. The molecule has 0 radical (unpaired) electrons. The third-order valence-electron chi connectivity index (χ3n) is 6.67. The summed E-state index contributed by atoms with van der Waals surface area (Å²) in [5, 5.41) is 2.60. The number of ether oxygens (including phenoxy) is 1. The van der Waals surface area contributed by atoms with Gasteiger partial charge in [0.25, 0.3) is 5.19 Å². The first-order valence-electron chi connectivity index (χ1n) is 12.0. The van der Waals surface area contributed by atoms with Gasteiger partial charge in [-0.05, 0) is 55.2 Å². The van der Waals surface area contributed by atoms with E-state index in [9.17, 15) is 4.79 Å². The summed E-state index contributed by atoms with van der Waals surface area (Å²) in [7, 11) is 1.86. The molecule has 0 amide bonds. The number of piperidine rings is 1. The van der Waals surface area contributed by atoms with Crippen LogP contribution in [0.1, 0.15) is 30.1 Å². The normalized spacial score (nSPS) is 15.2. The van der Waals surface area contributed by atoms with Crippen molar-refractivity contribution in [1.82, 2.24) is 19.0 Å². The largest absolute Gasteiger partial charge is 0.431 e. The lowest BCUT2D eigenvalue weighted by Crippen LogP contribution is -2.38. The van der Waals surface area contributed by atoms with Crippen molar-refractivity contribution in [2.24, 2.45) is 7.05 Å². The molecule has 2 aromatic carbocycles. The maximum absolute atomic E-state index is 12.9. The van der Waals surface area contributed by atoms with E-state index < -0.39 is 0 Å². The van der Waals surface area contributed by atoms with Gasteiger partial charge in [-0.25, -0.2) is 9.78 Å². The molecule has 0 aliphatic carbocycles. The zero-order valence-electron chi connectivity index (χ0n) is 20.0. The molecule has 6 nitrogen and oxygen atoms in total. The average Bonchev–Trinajstić information content (AvgIpc) is 3.44. The van der Waals surface area contributed by atoms with E-state index in [1.807, 2.05) is 59.5 Å². The van der Waals surface area contributed by atoms with Crippen molar-refractivity contribution < 1.29 is 4.74 Å². The predicted octanol–water partition coefficient (Wildman–Crippen LogP) is 5.67. The number of para-hydroxylation sites is 2. The third kappa shape index (κ3) is 5.16. The smallest absolute Gasteiger partial charge is 0.329 e. The zero-order chi connectivity index (χ0) is 24.2. The second-order valence-electron chi connectivity index (χ2n) is 8.90. The van der Waals surface area contributed by atoms with Crippen molar-refractivity contribution >= 4 is 28.4 Å². The molecule has 4 aromatic rings. The summed E-state index contributed by atoms with van der Waals surface area (Å²) in [6.07, 6.45) is 8.49. The van der Waals surface area contributed by atoms with Gasteiger partial charge >= 0.3 is 5.69 Å². The van der Waals surface area contributed by atoms with Crippen LogP contribution >= 0.6 is 11.3 Å². The first kappa shape index (κ1) is 23.3. The van der Waals surface area contributed by atoms with Gasteiger partial charge in [0.2, 0.25) is 0 Å². The van der Waals surface area contributed by atoms with Crippen molar-refractivity contribution in [3.8, 4) is 10.9 Å². The molecular weight excluding hydrogens is 456 g/mol. The Labute approximate surface area is 209 Å². The van der Waals surface area contributed by atoms with Crippen molar-refractivity contribution in [2.75, 3.05) is 19.6 Å². The van der Waals surface area contributed by atoms with Crippen molar-refractivity contribution in [3.63, 3.8) is 0 Å². The fraction of sp³-hybridized carbons (Fsp3) is 0.286. The van der Waals surface area contributed by atoms with Crippen LogP contribution in [0.25, 0.3) is 17.1 Å². The molecule has 180 valence electrons. The zero-order valence-corrected chi connectivity index (χ0v) is 20.8. The maximum Gasteiger partial charge on any atom is 0.329 e. The number of fused-ring (bicyclic) bond motifs is 1. The molecule has 5 rings (SSSR count). The van der Waals surface area contributed by atoms with Gasteiger partial charge in [-0.2, -0.15) is 0 Å². The molecule has 0 spiro atoms. The Bertz CT molecular complexity index is 1390. The summed E-state index contributed by atoms with van der Waals surface area (Å²) < 4.78 is 9.66. The van der Waals surface area contributed by atoms with Gasteiger partial charge in [-0.15, -0.1) is 0 Å². The highest BCUT2D eigenvalue weighted by molar-refractivity contribution is 7.11. The van der Waals surface area contributed by atoms with E-state index in [2.05, 4.69) is 34.7 Å². The molecule has 35 heavy (non-hydrogen) atoms. The monoisotopic (exact) mass is 486 g/mol. The topological polar surface area (TPSA) is 52.3 Å². The number of imidazole rings is 1. The van der Waals surface area contributed by atoms with Gasteiger partial charge in [0, 0.05) is 38.1 Å². The summed E-state index contributed by atoms with van der Waals surface area (Å²) in [5.41, 5.74) is 4.30. The molecular formula is C28H30N4O2S. The highest BCUT2D eigenvalue weighted by atomic mass is 32.1. The number of thiazole rings is 1. The van der Waals surface area contributed by atoms with Crippen LogP contribution in [-0.4, -0.2) is 38.7 Å². The fourth-order valence-electron chi connectivity index (χ4n) is 4.74. The summed E-state index contributed by atoms with van der Waals surface area (Å²) in [6.45, 7) is 6.71. The maximum atomic E-state index is 12.9. The Morgan fingerprint density at radius 2 is 1.86 bits per heavy atom. The van der Waals surface area contributed by atoms with Gasteiger partial charge < -0.3 is 9.64 Å². The number of likely N-dealkylation sites (tertiary alicyclic amines) is 1. The number of nitrogens with zero attached hydrogens (tertiary/aromatic N) is 4. The highest BCUT2D eigenvalue weighted by Crippen LogP contribution is 2.27. The minimum atomic E-state index is 0.0918. The van der Waals surface area contributed by atoms with Gasteiger partial charge in [-0.1, -0.05) is 54.3 Å². The van der Waals surface area contributed by atoms with Crippen LogP contribution in [0.3, 0.4) is 0 Å². The fourth-order valence-corrected chi connectivity index (χ4v) is 5.40. The number of allylic oxidation sites excluding steroid dienone is 2. The van der Waals surface area contributed by atoms with E-state index in [1.165, 1.54) is 16.9 Å². The lowest BCUT2D eigenvalue weighted by Gasteiger charge is -2.32. The van der Waals surface area contributed by atoms with Crippen molar-refractivity contribution in [3.05, 3.63) is 94.4 Å². The lowest BCUT2D eigenvalue weighted by molar-refractivity contribution is 0.188. The van der Waals surface area contributed by atoms with Crippen LogP contribution in [0, 0.1) is 0 Å². The van der Waals surface area contributed by atoms with E-state index in [-0.39, 0.29) is 11.7 Å². The minimum Gasteiger partial charge on any atom is -0.431 e. The number of aryl methyl sites for hydroxylation is 1. The van der Waals surface area contributed by atoms with Crippen molar-refractivity contribution in [1.29, 1.82) is 0 Å². The SMILES string of the molecule is C=C/C=C\c1csc(Oc2ccc(CCN3CCC(n4c(=O)n(C)c5ccccc54)CC3)cc2)n1. The molecule has 1 fully saturated rings. The summed E-state index contributed by atoms with van der Waals surface area (Å²) in [6, 6.07) is 16.6. The third-order valence-corrected chi connectivity index (χ3v) is 7.40. The Morgan fingerprint density at radius 1 is 1.11 bits per heavy atom. The Kier molecular flexibility index (Phi) is 6.97. The quantitative estimate of drug-likeness (QED) is 0.301. The molecule has 2 aromatic heterocycles. The molecule has 0 unspecified atom stereocenters. The summed E-state index contributed by atoms with van der Waals surface area (Å²) >= 11 is 1.48. The molecule has 0 atom stereocenters. The predicted molar refractivity (Wildman–Crippen MR) is 143 cm³/mol. The first-order valence-corrected chi connectivity index (χ1v) is 12.9. The molecule has 1 aliphatic rings. The van der Waals surface area contributed by atoms with Gasteiger partial charge in [0.05, 0.1) is 16.7 Å². The summed E-state index contributed by atoms with van der Waals surface area (Å²) in [5.74, 6) is 0.795. The van der Waals surface area contributed by atoms with Crippen LogP contribution in [0.5, 0.6) is 10.9 Å². The number of rotatable bonds is 8. The second-order valence-corrected chi connectivity index (χ2v) is 9.72. The van der Waals surface area contributed by atoms with E-state index in [0.29, 0.717) is 5.19 Å². The van der Waals surface area contributed by atoms with Crippen LogP contribution in [0.2, 0.25) is 0 Å². The summed E-state index contributed by atoms with van der Waals surface area (Å²) in [4.78, 5) is 19.8. The molecule has 0 bridgehead atoms. The molecule has 0 saturated carbocycles. The van der Waals surface area contributed by atoms with Gasteiger partial charge in [0.15, 0.2) is 0 Å². The van der Waals surface area contributed by atoms with Crippen LogP contribution in [-0.2, 0) is 13.5 Å². The lowest BCUT2D eigenvalue weighted by atomic mass is 10.0. The standard InChI is InChI=1S/C28H30N4O2S/c1-3-4-7-22-20-35-27(29-22)34-24-12-10-21(11-13-24)14-17-31-18-15-23(16-19-31)32-26-9-6-5-8-25(26)30(2)28(32)33/h3-13,20,23H,1,14-19H2,2H3/b7-4-. The van der Waals surface area contributed by atoms with E-state index in [4.69, 9.17) is 4.74 Å². The average molecular weight is 487 g/mol. The van der Waals surface area contributed by atoms with E-state index >= 15 is 0 Å². The van der Waals surface area contributed by atoms with Crippen molar-refractivity contribution in [2.45, 2.75) is 25.3 Å². The second kappa shape index (κ2) is 10.5. The first-order chi connectivity index (χ1) is 17.1. The van der Waals surface area contributed by atoms with Gasteiger partial charge in [-0.3, -0.25) is 9.13 Å². The highest BCUT2D eigenvalue weighted by Gasteiger charge is 2.24. The van der Waals surface area contributed by atoms with Crippen LogP contribution in [0.15, 0.2) is 77.4 Å². The molecule has 3 heterocycles. The number of hydrogen-bond donors (Lipinski definition) is 0. The molecule has 0 N–H and O–H groups in total. The van der Waals surface area contributed by atoms with Crippen LogP contribution in [0.4, 0.5) is 0 Å². The number of aromatic nitrogens is 3. The Morgan fingerprint density at radius 3 is 2.60 bits per heavy atom. The molecule has 1 saturated heterocycles. The number of benzene rings is 2. The van der Waals surface area contributed by atoms with Crippen LogP contribution < -0.4 is 10.4 Å². The van der Waals surface area contributed by atoms with E-state index in [0.717, 1.165) is 61.4 Å². The Hall–Kier alpha value is -3.42. The molecule has 1 aliphatic heterocycles.